The van der Waals surface area contributed by atoms with Gasteiger partial charge in [-0.05, 0) is 52.0 Å². The minimum atomic E-state index is -0.591. The number of ether oxygens (including phenoxy) is 2. The molecule has 1 saturated carbocycles. The van der Waals surface area contributed by atoms with Gasteiger partial charge in [0.05, 0.1) is 13.2 Å². The van der Waals surface area contributed by atoms with Gasteiger partial charge in [-0.2, -0.15) is 0 Å². The molecule has 1 saturated heterocycles. The molecular weight excluding hydrogens is 268 g/mol. The summed E-state index contributed by atoms with van der Waals surface area (Å²) in [4.78, 5) is 14.8. The minimum Gasteiger partial charge on any atom is -0.465 e. The number of hydrogen-bond donors (Lipinski definition) is 1. The van der Waals surface area contributed by atoms with E-state index in [1.54, 1.807) is 7.11 Å². The predicted molar refractivity (Wildman–Crippen MR) is 82.2 cm³/mol. The van der Waals surface area contributed by atoms with Crippen molar-refractivity contribution in [3.05, 3.63) is 0 Å². The average molecular weight is 298 g/mol. The zero-order valence-electron chi connectivity index (χ0n) is 13.7. The second-order valence-electron chi connectivity index (χ2n) is 6.67. The van der Waals surface area contributed by atoms with Crippen LogP contribution in [0.4, 0.5) is 0 Å². The van der Waals surface area contributed by atoms with Crippen LogP contribution in [0.1, 0.15) is 39.5 Å². The lowest BCUT2D eigenvalue weighted by Gasteiger charge is -2.38. The summed E-state index contributed by atoms with van der Waals surface area (Å²) in [6.07, 6.45) is 4.73. The number of carbonyl (C=O) groups excluding carboxylic acids is 1. The molecule has 1 N–H and O–H groups in total. The highest BCUT2D eigenvalue weighted by Gasteiger charge is 2.41. The number of nitrogens with one attached hydrogen (secondary N) is 1. The molecule has 2 unspecified atom stereocenters. The molecule has 1 heterocycles. The Hall–Kier alpha value is -0.650. The van der Waals surface area contributed by atoms with E-state index in [2.05, 4.69) is 10.2 Å². The SMILES string of the molecule is CCOC(=O)C(C)(CN1CCCC(COC)C1)NC1CC1. The van der Waals surface area contributed by atoms with Crippen molar-refractivity contribution in [3.8, 4) is 0 Å². The third kappa shape index (κ3) is 4.94. The van der Waals surface area contributed by atoms with Crippen LogP contribution in [0.5, 0.6) is 0 Å². The molecule has 0 amide bonds. The molecule has 0 aromatic rings. The smallest absolute Gasteiger partial charge is 0.327 e. The minimum absolute atomic E-state index is 0.120. The van der Waals surface area contributed by atoms with Crippen molar-refractivity contribution in [1.82, 2.24) is 10.2 Å². The molecule has 2 fully saturated rings. The second kappa shape index (κ2) is 7.56. The van der Waals surface area contributed by atoms with Gasteiger partial charge in [-0.3, -0.25) is 10.1 Å². The monoisotopic (exact) mass is 298 g/mol. The lowest BCUT2D eigenvalue weighted by Crippen LogP contribution is -2.59. The number of methoxy groups -OCH3 is 1. The van der Waals surface area contributed by atoms with E-state index in [4.69, 9.17) is 9.47 Å². The molecule has 0 aromatic heterocycles. The van der Waals surface area contributed by atoms with Crippen molar-refractivity contribution in [2.75, 3.05) is 40.0 Å². The fraction of sp³-hybridized carbons (Fsp3) is 0.938. The van der Waals surface area contributed by atoms with Gasteiger partial charge in [-0.1, -0.05) is 0 Å². The van der Waals surface area contributed by atoms with Crippen molar-refractivity contribution in [3.63, 3.8) is 0 Å². The van der Waals surface area contributed by atoms with Crippen LogP contribution in [-0.4, -0.2) is 62.4 Å². The Morgan fingerprint density at radius 2 is 2.14 bits per heavy atom. The summed E-state index contributed by atoms with van der Waals surface area (Å²) in [6, 6.07) is 0.485. The maximum absolute atomic E-state index is 12.4. The van der Waals surface area contributed by atoms with E-state index in [1.807, 2.05) is 13.8 Å². The number of nitrogens with zero attached hydrogens (tertiary/aromatic N) is 1. The molecule has 5 nitrogen and oxygen atoms in total. The van der Waals surface area contributed by atoms with Gasteiger partial charge in [0.2, 0.25) is 0 Å². The molecule has 0 radical (unpaired) electrons. The number of esters is 1. The molecule has 0 spiro atoms. The molecule has 1 aliphatic carbocycles. The van der Waals surface area contributed by atoms with Gasteiger partial charge in [0.1, 0.15) is 5.54 Å². The summed E-state index contributed by atoms with van der Waals surface area (Å²) in [5.74, 6) is 0.460. The number of rotatable bonds is 8. The Kier molecular flexibility index (Phi) is 6.02. The van der Waals surface area contributed by atoms with E-state index < -0.39 is 5.54 Å². The maximum Gasteiger partial charge on any atom is 0.327 e. The van der Waals surface area contributed by atoms with Gasteiger partial charge in [0, 0.05) is 26.2 Å². The second-order valence-corrected chi connectivity index (χ2v) is 6.67. The van der Waals surface area contributed by atoms with Crippen LogP contribution in [0, 0.1) is 5.92 Å². The van der Waals surface area contributed by atoms with Gasteiger partial charge in [-0.15, -0.1) is 0 Å². The van der Waals surface area contributed by atoms with Crippen molar-refractivity contribution in [2.24, 2.45) is 5.92 Å². The van der Waals surface area contributed by atoms with Crippen molar-refractivity contribution < 1.29 is 14.3 Å². The van der Waals surface area contributed by atoms with Crippen molar-refractivity contribution in [2.45, 2.75) is 51.1 Å². The fourth-order valence-electron chi connectivity index (χ4n) is 3.25. The van der Waals surface area contributed by atoms with Crippen LogP contribution < -0.4 is 5.32 Å². The molecule has 2 atom stereocenters. The van der Waals surface area contributed by atoms with Crippen LogP contribution in [0.2, 0.25) is 0 Å². The summed E-state index contributed by atoms with van der Waals surface area (Å²) in [5.41, 5.74) is -0.591. The third-order valence-corrected chi connectivity index (χ3v) is 4.37. The molecule has 5 heteroatoms. The molecule has 122 valence electrons. The Morgan fingerprint density at radius 1 is 1.38 bits per heavy atom. The summed E-state index contributed by atoms with van der Waals surface area (Å²) < 4.78 is 10.6. The number of carbonyl (C=O) groups is 1. The van der Waals surface area contributed by atoms with Gasteiger partial charge < -0.3 is 14.4 Å². The van der Waals surface area contributed by atoms with E-state index in [0.717, 1.165) is 26.2 Å². The average Bonchev–Trinajstić information content (AvgIpc) is 3.23. The van der Waals surface area contributed by atoms with Crippen LogP contribution >= 0.6 is 0 Å². The van der Waals surface area contributed by atoms with E-state index in [0.29, 0.717) is 18.6 Å². The normalized spacial score (nSPS) is 26.3. The zero-order valence-corrected chi connectivity index (χ0v) is 13.7. The first kappa shape index (κ1) is 16.7. The van der Waals surface area contributed by atoms with Crippen LogP contribution in [0.15, 0.2) is 0 Å². The molecule has 0 bridgehead atoms. The first-order valence-corrected chi connectivity index (χ1v) is 8.23. The van der Waals surface area contributed by atoms with Gasteiger partial charge in [-0.25, -0.2) is 0 Å². The first-order valence-electron chi connectivity index (χ1n) is 8.23. The van der Waals surface area contributed by atoms with Crippen LogP contribution in [0.3, 0.4) is 0 Å². The highest BCUT2D eigenvalue weighted by Crippen LogP contribution is 2.25. The van der Waals surface area contributed by atoms with Gasteiger partial charge in [0.15, 0.2) is 0 Å². The van der Waals surface area contributed by atoms with Crippen LogP contribution in [-0.2, 0) is 14.3 Å². The van der Waals surface area contributed by atoms with E-state index >= 15 is 0 Å². The molecular formula is C16H30N2O3. The third-order valence-electron chi connectivity index (χ3n) is 4.37. The highest BCUT2D eigenvalue weighted by molar-refractivity contribution is 5.80. The molecule has 1 aliphatic heterocycles. The maximum atomic E-state index is 12.4. The quantitative estimate of drug-likeness (QED) is 0.687. The number of piperidine rings is 1. The van der Waals surface area contributed by atoms with Crippen molar-refractivity contribution in [1.29, 1.82) is 0 Å². The summed E-state index contributed by atoms with van der Waals surface area (Å²) in [5, 5.41) is 3.50. The summed E-state index contributed by atoms with van der Waals surface area (Å²) in [7, 11) is 1.76. The lowest BCUT2D eigenvalue weighted by molar-refractivity contribution is -0.151. The molecule has 2 rings (SSSR count). The van der Waals surface area contributed by atoms with Crippen molar-refractivity contribution >= 4 is 5.97 Å². The van der Waals surface area contributed by atoms with E-state index in [1.165, 1.54) is 25.7 Å². The Labute approximate surface area is 128 Å². The zero-order chi connectivity index (χ0) is 15.3. The van der Waals surface area contributed by atoms with Gasteiger partial charge in [0.25, 0.3) is 0 Å². The van der Waals surface area contributed by atoms with E-state index in [-0.39, 0.29) is 5.97 Å². The largest absolute Gasteiger partial charge is 0.465 e. The molecule has 21 heavy (non-hydrogen) atoms. The Morgan fingerprint density at radius 3 is 2.76 bits per heavy atom. The molecule has 0 aromatic carbocycles. The van der Waals surface area contributed by atoms with E-state index in [9.17, 15) is 4.79 Å². The highest BCUT2D eigenvalue weighted by atomic mass is 16.5. The number of likely N-dealkylation sites (tertiary alicyclic amines) is 1. The summed E-state index contributed by atoms with van der Waals surface area (Å²) in [6.45, 7) is 7.89. The number of hydrogen-bond acceptors (Lipinski definition) is 5. The molecule has 2 aliphatic rings. The lowest BCUT2D eigenvalue weighted by atomic mass is 9.95. The predicted octanol–water partition coefficient (Wildman–Crippen LogP) is 1.42. The Balaban J connectivity index is 1.94. The topological polar surface area (TPSA) is 50.8 Å². The summed E-state index contributed by atoms with van der Waals surface area (Å²) >= 11 is 0. The standard InChI is InChI=1S/C16H30N2O3/c1-4-21-15(19)16(2,17-14-7-8-14)12-18-9-5-6-13(10-18)11-20-3/h13-14,17H,4-12H2,1-3H3. The van der Waals surface area contributed by atoms with Crippen LogP contribution in [0.25, 0.3) is 0 Å². The fourth-order valence-corrected chi connectivity index (χ4v) is 3.25. The first-order chi connectivity index (χ1) is 10.1. The Bertz CT molecular complexity index is 344. The van der Waals surface area contributed by atoms with Gasteiger partial charge >= 0.3 is 5.97 Å².